The minimum absolute atomic E-state index is 0.0391. The van der Waals surface area contributed by atoms with E-state index >= 15 is 0 Å². The van der Waals surface area contributed by atoms with Gasteiger partial charge in [-0.3, -0.25) is 9.59 Å². The summed E-state index contributed by atoms with van der Waals surface area (Å²) in [4.78, 5) is 59.5. The first-order valence-electron chi connectivity index (χ1n) is 11.9. The van der Waals surface area contributed by atoms with Gasteiger partial charge in [0.15, 0.2) is 5.82 Å². The van der Waals surface area contributed by atoms with E-state index in [4.69, 9.17) is 9.47 Å². The number of carbonyl (C=O) groups excluding carboxylic acids is 4. The number of likely N-dealkylation sites (tertiary alicyclic amines) is 2. The minimum Gasteiger partial charge on any atom is -0.444 e. The molecule has 2 saturated heterocycles. The van der Waals surface area contributed by atoms with Crippen molar-refractivity contribution in [3.05, 3.63) is 17.7 Å². The maximum absolute atomic E-state index is 13.4. The predicted octanol–water partition coefficient (Wildman–Crippen LogP) is 2.64. The molecule has 1 aromatic rings. The van der Waals surface area contributed by atoms with E-state index in [1.54, 1.807) is 16.0 Å². The van der Waals surface area contributed by atoms with Crippen LogP contribution in [0.25, 0.3) is 0 Å². The summed E-state index contributed by atoms with van der Waals surface area (Å²) in [6.07, 6.45) is 3.47. The number of hydrogen-bond donors (Lipinski definition) is 0. The number of carbonyl (C=O) groups is 4. The van der Waals surface area contributed by atoms with Gasteiger partial charge in [0.1, 0.15) is 5.60 Å². The van der Waals surface area contributed by atoms with Gasteiger partial charge in [-0.05, 0) is 46.5 Å². The largest absolute Gasteiger partial charge is 0.444 e. The Morgan fingerprint density at radius 3 is 2.44 bits per heavy atom. The van der Waals surface area contributed by atoms with Crippen molar-refractivity contribution in [1.29, 1.82) is 0 Å². The number of rotatable bonds is 4. The van der Waals surface area contributed by atoms with Gasteiger partial charge in [0.05, 0.1) is 18.4 Å². The predicted molar refractivity (Wildman–Crippen MR) is 119 cm³/mol. The van der Waals surface area contributed by atoms with Gasteiger partial charge >= 0.3 is 18.1 Å². The van der Waals surface area contributed by atoms with Crippen molar-refractivity contribution in [3.63, 3.8) is 0 Å². The second kappa shape index (κ2) is 9.27. The van der Waals surface area contributed by atoms with Gasteiger partial charge in [-0.2, -0.15) is 0 Å². The summed E-state index contributed by atoms with van der Waals surface area (Å²) in [5.74, 6) is -0.414. The summed E-state index contributed by atoms with van der Waals surface area (Å²) < 4.78 is 12.4. The number of aromatic nitrogens is 2. The summed E-state index contributed by atoms with van der Waals surface area (Å²) in [5, 5.41) is 0. The fourth-order valence-electron chi connectivity index (χ4n) is 4.74. The van der Waals surface area contributed by atoms with Crippen LogP contribution in [-0.4, -0.2) is 79.5 Å². The average Bonchev–Trinajstić information content (AvgIpc) is 3.32. The second-order valence-electron chi connectivity index (χ2n) is 10.1. The molecule has 0 spiro atoms. The molecule has 3 amide bonds. The monoisotopic (exact) mass is 475 g/mol. The fourth-order valence-corrected chi connectivity index (χ4v) is 4.74. The first-order chi connectivity index (χ1) is 16.0. The molecular weight excluding hydrogens is 442 g/mol. The van der Waals surface area contributed by atoms with Gasteiger partial charge in [0.2, 0.25) is 12.1 Å². The molecule has 0 N–H and O–H groups in total. The molecule has 2 fully saturated rings. The normalized spacial score (nSPS) is 20.4. The highest BCUT2D eigenvalue weighted by Gasteiger charge is 2.41. The lowest BCUT2D eigenvalue weighted by Gasteiger charge is -2.37. The molecule has 11 nitrogen and oxygen atoms in total. The van der Waals surface area contributed by atoms with Gasteiger partial charge in [-0.1, -0.05) is 0 Å². The zero-order valence-corrected chi connectivity index (χ0v) is 20.3. The van der Waals surface area contributed by atoms with Gasteiger partial charge in [-0.25, -0.2) is 19.1 Å². The minimum atomic E-state index is -1.03. The molecule has 0 bridgehead atoms. The summed E-state index contributed by atoms with van der Waals surface area (Å²) in [5.41, 5.74) is 0.135. The third-order valence-electron chi connectivity index (χ3n) is 6.33. The van der Waals surface area contributed by atoms with Crippen molar-refractivity contribution >= 4 is 24.0 Å². The summed E-state index contributed by atoms with van der Waals surface area (Å²) in [6, 6.07) is -0.289. The Hall–Kier alpha value is -3.11. The molecular formula is C23H33N5O6. The van der Waals surface area contributed by atoms with Crippen LogP contribution in [0.5, 0.6) is 0 Å². The number of hydrogen-bond acceptors (Lipinski definition) is 7. The maximum atomic E-state index is 13.4. The van der Waals surface area contributed by atoms with Gasteiger partial charge < -0.3 is 24.2 Å². The highest BCUT2D eigenvalue weighted by atomic mass is 16.6. The first-order valence-corrected chi connectivity index (χ1v) is 11.9. The molecule has 1 aromatic heterocycles. The van der Waals surface area contributed by atoms with Gasteiger partial charge in [0, 0.05) is 39.0 Å². The number of esters is 1. The third kappa shape index (κ3) is 4.88. The number of imidazole rings is 1. The number of piperidine rings is 2. The molecule has 11 heteroatoms. The van der Waals surface area contributed by atoms with E-state index in [0.29, 0.717) is 51.1 Å². The van der Waals surface area contributed by atoms with Crippen LogP contribution in [0.15, 0.2) is 6.20 Å². The standard InChI is InChI=1S/C23H33N5O6/c1-15(29)33-20(26-10-6-5-7-18(26)30)19-24-13-17-14-27(21(31)28(17)19)16-8-11-25(12-9-16)22(32)34-23(2,3)4/h13,16,20H,5-12,14H2,1-4H3. The molecule has 0 aliphatic carbocycles. The van der Waals surface area contributed by atoms with E-state index in [1.165, 1.54) is 16.4 Å². The molecule has 3 aliphatic heterocycles. The van der Waals surface area contributed by atoms with E-state index in [1.807, 2.05) is 20.8 Å². The van der Waals surface area contributed by atoms with Crippen molar-refractivity contribution < 1.29 is 28.7 Å². The van der Waals surface area contributed by atoms with Crippen molar-refractivity contribution in [2.24, 2.45) is 0 Å². The Bertz CT molecular complexity index is 975. The third-order valence-corrected chi connectivity index (χ3v) is 6.33. The Labute approximate surface area is 199 Å². The van der Waals surface area contributed by atoms with E-state index in [9.17, 15) is 19.2 Å². The zero-order valence-electron chi connectivity index (χ0n) is 20.3. The fraction of sp³-hybridized carbons (Fsp3) is 0.696. The maximum Gasteiger partial charge on any atom is 0.410 e. The Morgan fingerprint density at radius 1 is 1.12 bits per heavy atom. The van der Waals surface area contributed by atoms with Crippen LogP contribution in [0.1, 0.15) is 77.5 Å². The quantitative estimate of drug-likeness (QED) is 0.615. The molecule has 0 aromatic carbocycles. The van der Waals surface area contributed by atoms with Crippen LogP contribution < -0.4 is 0 Å². The van der Waals surface area contributed by atoms with E-state index in [0.717, 1.165) is 12.8 Å². The smallest absolute Gasteiger partial charge is 0.410 e. The molecule has 186 valence electrons. The van der Waals surface area contributed by atoms with Crippen LogP contribution in [0.2, 0.25) is 0 Å². The van der Waals surface area contributed by atoms with Crippen LogP contribution in [0, 0.1) is 0 Å². The van der Waals surface area contributed by atoms with Gasteiger partial charge in [0.25, 0.3) is 0 Å². The average molecular weight is 476 g/mol. The molecule has 1 atom stereocenters. The highest BCUT2D eigenvalue weighted by Crippen LogP contribution is 2.32. The number of ether oxygens (including phenoxy) is 2. The Kier molecular flexibility index (Phi) is 6.55. The first kappa shape index (κ1) is 24.0. The lowest BCUT2D eigenvalue weighted by atomic mass is 10.0. The van der Waals surface area contributed by atoms with Crippen LogP contribution >= 0.6 is 0 Å². The molecule has 1 unspecified atom stereocenters. The number of amides is 3. The molecule has 4 heterocycles. The Morgan fingerprint density at radius 2 is 1.82 bits per heavy atom. The molecule has 4 rings (SSSR count). The molecule has 0 radical (unpaired) electrons. The summed E-state index contributed by atoms with van der Waals surface area (Å²) in [6.45, 7) is 8.61. The lowest BCUT2D eigenvalue weighted by Crippen LogP contribution is -2.48. The van der Waals surface area contributed by atoms with Crippen molar-refractivity contribution in [2.45, 2.75) is 84.2 Å². The van der Waals surface area contributed by atoms with E-state index in [-0.39, 0.29) is 29.9 Å². The second-order valence-corrected chi connectivity index (χ2v) is 10.1. The number of nitrogens with zero attached hydrogens (tertiary/aromatic N) is 5. The van der Waals surface area contributed by atoms with Gasteiger partial charge in [-0.15, -0.1) is 0 Å². The van der Waals surface area contributed by atoms with Crippen molar-refractivity contribution in [3.8, 4) is 0 Å². The molecule has 3 aliphatic rings. The van der Waals surface area contributed by atoms with Crippen LogP contribution in [0.4, 0.5) is 9.59 Å². The zero-order chi connectivity index (χ0) is 24.6. The summed E-state index contributed by atoms with van der Waals surface area (Å²) in [7, 11) is 0. The van der Waals surface area contributed by atoms with Crippen LogP contribution in [-0.2, 0) is 25.6 Å². The molecule has 0 saturated carbocycles. The van der Waals surface area contributed by atoms with Crippen molar-refractivity contribution in [2.75, 3.05) is 19.6 Å². The van der Waals surface area contributed by atoms with Crippen molar-refractivity contribution in [1.82, 2.24) is 24.3 Å². The number of fused-ring (bicyclic) bond motifs is 1. The van der Waals surface area contributed by atoms with E-state index < -0.39 is 17.8 Å². The Balaban J connectivity index is 1.47. The summed E-state index contributed by atoms with van der Waals surface area (Å²) >= 11 is 0. The highest BCUT2D eigenvalue weighted by molar-refractivity contribution is 5.82. The topological polar surface area (TPSA) is 114 Å². The van der Waals surface area contributed by atoms with Crippen LogP contribution in [0.3, 0.4) is 0 Å². The molecule has 34 heavy (non-hydrogen) atoms. The van der Waals surface area contributed by atoms with E-state index in [2.05, 4.69) is 4.98 Å². The SMILES string of the molecule is CC(=O)OC(c1ncc2n1C(=O)N(C1CCN(C(=O)OC(C)(C)C)CC1)C2)N1CCCCC1=O. The lowest BCUT2D eigenvalue weighted by molar-refractivity contribution is -0.167.